The summed E-state index contributed by atoms with van der Waals surface area (Å²) >= 11 is 2.92. The van der Waals surface area contributed by atoms with Crippen molar-refractivity contribution in [2.45, 2.75) is 18.1 Å². The molecule has 1 amide bonds. The van der Waals surface area contributed by atoms with Gasteiger partial charge in [-0.25, -0.2) is 4.98 Å². The van der Waals surface area contributed by atoms with Crippen molar-refractivity contribution in [1.82, 2.24) is 10.3 Å². The zero-order chi connectivity index (χ0) is 14.5. The van der Waals surface area contributed by atoms with Gasteiger partial charge in [0.25, 0.3) is 5.91 Å². The fourth-order valence-corrected chi connectivity index (χ4v) is 3.29. The number of rotatable bonds is 5. The van der Waals surface area contributed by atoms with Crippen LogP contribution < -0.4 is 5.32 Å². The maximum Gasteiger partial charge on any atom is 0.254 e. The van der Waals surface area contributed by atoms with Crippen LogP contribution in [0.5, 0.6) is 0 Å². The summed E-state index contributed by atoms with van der Waals surface area (Å²) in [7, 11) is 0. The first-order valence-electron chi connectivity index (χ1n) is 6.12. The summed E-state index contributed by atoms with van der Waals surface area (Å²) in [5.41, 5.74) is 1.58. The van der Waals surface area contributed by atoms with E-state index >= 15 is 0 Å². The van der Waals surface area contributed by atoms with Gasteiger partial charge in [-0.05, 0) is 42.3 Å². The number of thiophene rings is 1. The second-order valence-electron chi connectivity index (χ2n) is 4.25. The molecule has 2 aromatic rings. The van der Waals surface area contributed by atoms with Crippen LogP contribution in [0.25, 0.3) is 0 Å². The topological polar surface area (TPSA) is 62.2 Å². The third-order valence-electron chi connectivity index (χ3n) is 2.87. The summed E-state index contributed by atoms with van der Waals surface area (Å²) in [5, 5.41) is 15.5. The summed E-state index contributed by atoms with van der Waals surface area (Å²) < 4.78 is 0. The molecule has 0 unspecified atom stereocenters. The number of carbonyl (C=O) groups is 1. The molecule has 0 radical (unpaired) electrons. The number of aryl methyl sites for hydroxylation is 1. The van der Waals surface area contributed by atoms with Crippen LogP contribution >= 0.6 is 23.1 Å². The van der Waals surface area contributed by atoms with Crippen LogP contribution in [0.4, 0.5) is 0 Å². The lowest BCUT2D eigenvalue weighted by molar-refractivity contribution is 0.0914. The SMILES string of the molecule is CSc1ncccc1C(=O)NC[C@H](O)c1sccc1C. The van der Waals surface area contributed by atoms with Gasteiger partial charge in [0.05, 0.1) is 5.56 Å². The number of nitrogens with one attached hydrogen (secondary N) is 1. The Kier molecular flexibility index (Phi) is 5.17. The van der Waals surface area contributed by atoms with E-state index in [1.165, 1.54) is 23.1 Å². The highest BCUT2D eigenvalue weighted by Crippen LogP contribution is 2.23. The van der Waals surface area contributed by atoms with Gasteiger partial charge < -0.3 is 10.4 Å². The lowest BCUT2D eigenvalue weighted by Gasteiger charge is -2.12. The van der Waals surface area contributed by atoms with E-state index in [0.29, 0.717) is 10.6 Å². The first-order valence-corrected chi connectivity index (χ1v) is 8.23. The van der Waals surface area contributed by atoms with E-state index in [0.717, 1.165) is 10.4 Å². The molecular weight excluding hydrogens is 292 g/mol. The highest BCUT2D eigenvalue weighted by molar-refractivity contribution is 7.98. The molecule has 0 aliphatic carbocycles. The zero-order valence-electron chi connectivity index (χ0n) is 11.3. The van der Waals surface area contributed by atoms with Crippen molar-refractivity contribution in [2.75, 3.05) is 12.8 Å². The highest BCUT2D eigenvalue weighted by Gasteiger charge is 2.15. The summed E-state index contributed by atoms with van der Waals surface area (Å²) in [6, 6.07) is 5.42. The van der Waals surface area contributed by atoms with E-state index in [1.807, 2.05) is 24.6 Å². The van der Waals surface area contributed by atoms with Gasteiger partial charge >= 0.3 is 0 Å². The Morgan fingerprint density at radius 2 is 2.35 bits per heavy atom. The van der Waals surface area contributed by atoms with Crippen LogP contribution in [0.2, 0.25) is 0 Å². The lowest BCUT2D eigenvalue weighted by Crippen LogP contribution is -2.28. The van der Waals surface area contributed by atoms with E-state index < -0.39 is 6.10 Å². The van der Waals surface area contributed by atoms with Crippen LogP contribution in [0, 0.1) is 6.92 Å². The van der Waals surface area contributed by atoms with Gasteiger partial charge in [-0.1, -0.05) is 0 Å². The third-order valence-corrected chi connectivity index (χ3v) is 4.70. The molecule has 6 heteroatoms. The Hall–Kier alpha value is -1.37. The van der Waals surface area contributed by atoms with Gasteiger partial charge in [0.15, 0.2) is 0 Å². The molecule has 0 spiro atoms. The summed E-state index contributed by atoms with van der Waals surface area (Å²) in [6.45, 7) is 2.15. The minimum absolute atomic E-state index is 0.197. The van der Waals surface area contributed by atoms with Gasteiger partial charge in [0.1, 0.15) is 11.1 Å². The minimum Gasteiger partial charge on any atom is -0.386 e. The molecule has 0 aliphatic heterocycles. The molecule has 0 saturated heterocycles. The molecule has 0 aromatic carbocycles. The third kappa shape index (κ3) is 3.39. The number of thioether (sulfide) groups is 1. The second-order valence-corrected chi connectivity index (χ2v) is 6.00. The normalized spacial score (nSPS) is 12.2. The maximum absolute atomic E-state index is 12.1. The molecule has 0 fully saturated rings. The van der Waals surface area contributed by atoms with Gasteiger partial charge in [-0.2, -0.15) is 0 Å². The van der Waals surface area contributed by atoms with Crippen LogP contribution in [0.3, 0.4) is 0 Å². The van der Waals surface area contributed by atoms with Crippen LogP contribution in [-0.4, -0.2) is 28.8 Å². The quantitative estimate of drug-likeness (QED) is 0.834. The van der Waals surface area contributed by atoms with E-state index in [1.54, 1.807) is 18.3 Å². The predicted octanol–water partition coefficient (Wildman–Crippen LogP) is 2.64. The molecular formula is C14H16N2O2S2. The molecule has 106 valence electrons. The molecule has 2 rings (SSSR count). The van der Waals surface area contributed by atoms with Crippen molar-refractivity contribution in [3.05, 3.63) is 45.8 Å². The average Bonchev–Trinajstić information content (AvgIpc) is 2.90. The number of aromatic nitrogens is 1. The van der Waals surface area contributed by atoms with Crippen LogP contribution in [0.15, 0.2) is 34.8 Å². The van der Waals surface area contributed by atoms with E-state index in [9.17, 15) is 9.90 Å². The Balaban J connectivity index is 2.00. The standard InChI is InChI=1S/C14H16N2O2S2/c1-9-5-7-20-12(9)11(17)8-16-13(18)10-4-3-6-15-14(10)19-2/h3-7,11,17H,8H2,1-2H3,(H,16,18)/t11-/m0/s1. The number of carbonyl (C=O) groups excluding carboxylic acids is 1. The number of aliphatic hydroxyl groups is 1. The lowest BCUT2D eigenvalue weighted by atomic mass is 10.2. The summed E-state index contributed by atoms with van der Waals surface area (Å²) in [5.74, 6) is -0.212. The van der Waals surface area contributed by atoms with Gasteiger partial charge in [0.2, 0.25) is 0 Å². The van der Waals surface area contributed by atoms with E-state index in [4.69, 9.17) is 0 Å². The van der Waals surface area contributed by atoms with Crippen molar-refractivity contribution in [3.8, 4) is 0 Å². The molecule has 2 heterocycles. The largest absolute Gasteiger partial charge is 0.386 e. The minimum atomic E-state index is -0.673. The van der Waals surface area contributed by atoms with Crippen molar-refractivity contribution < 1.29 is 9.90 Å². The maximum atomic E-state index is 12.1. The first kappa shape index (κ1) is 15.0. The molecule has 20 heavy (non-hydrogen) atoms. The predicted molar refractivity (Wildman–Crippen MR) is 82.4 cm³/mol. The fourth-order valence-electron chi connectivity index (χ4n) is 1.83. The second kappa shape index (κ2) is 6.88. The Bertz CT molecular complexity index is 598. The number of aliphatic hydroxyl groups excluding tert-OH is 1. The average molecular weight is 308 g/mol. The Morgan fingerprint density at radius 3 is 3.00 bits per heavy atom. The van der Waals surface area contributed by atoms with Gasteiger partial charge in [0, 0.05) is 17.6 Å². The number of pyridine rings is 1. The Morgan fingerprint density at radius 1 is 1.55 bits per heavy atom. The molecule has 2 N–H and O–H groups in total. The monoisotopic (exact) mass is 308 g/mol. The van der Waals surface area contributed by atoms with Gasteiger partial charge in [-0.3, -0.25) is 4.79 Å². The van der Waals surface area contributed by atoms with E-state index in [-0.39, 0.29) is 12.5 Å². The molecule has 2 aromatic heterocycles. The summed E-state index contributed by atoms with van der Waals surface area (Å²) in [6.07, 6.45) is 2.86. The molecule has 4 nitrogen and oxygen atoms in total. The number of hydrogen-bond acceptors (Lipinski definition) is 5. The van der Waals surface area contributed by atoms with Crippen molar-refractivity contribution in [1.29, 1.82) is 0 Å². The van der Waals surface area contributed by atoms with Crippen LogP contribution in [0.1, 0.15) is 26.9 Å². The summed E-state index contributed by atoms with van der Waals surface area (Å²) in [4.78, 5) is 17.2. The Labute approximate surface area is 126 Å². The first-order chi connectivity index (χ1) is 9.63. The smallest absolute Gasteiger partial charge is 0.254 e. The fraction of sp³-hybridized carbons (Fsp3) is 0.286. The van der Waals surface area contributed by atoms with Gasteiger partial charge in [-0.15, -0.1) is 23.1 Å². The highest BCUT2D eigenvalue weighted by atomic mass is 32.2. The number of hydrogen-bond donors (Lipinski definition) is 2. The molecule has 1 atom stereocenters. The molecule has 0 bridgehead atoms. The van der Waals surface area contributed by atoms with E-state index in [2.05, 4.69) is 10.3 Å². The van der Waals surface area contributed by atoms with Crippen LogP contribution in [-0.2, 0) is 0 Å². The number of amides is 1. The number of nitrogens with zero attached hydrogens (tertiary/aromatic N) is 1. The van der Waals surface area contributed by atoms with Crippen molar-refractivity contribution in [2.24, 2.45) is 0 Å². The van der Waals surface area contributed by atoms with Crippen molar-refractivity contribution >= 4 is 29.0 Å². The van der Waals surface area contributed by atoms with Crippen molar-refractivity contribution in [3.63, 3.8) is 0 Å². The zero-order valence-corrected chi connectivity index (χ0v) is 12.9. The molecule has 0 aliphatic rings. The molecule has 0 saturated carbocycles.